The molecule has 0 bridgehead atoms. The molecule has 4 aromatic carbocycles. The second-order valence-corrected chi connectivity index (χ2v) is 14.8. The average Bonchev–Trinajstić information content (AvgIpc) is 3.12. The van der Waals surface area contributed by atoms with E-state index in [1.165, 1.54) is 104 Å². The normalized spacial score (nSPS) is 19.2. The SMILES string of the molecule is CCCCCCCCC1CCC(c2ccc(C(CCC)c3ccc(N)cc3)cc2)(c2ccc(C(CCC)c3ccc(N)cc3)cc2)CC1. The molecule has 4 N–H and O–H groups in total. The maximum Gasteiger partial charge on any atom is 0.0314 e. The van der Waals surface area contributed by atoms with Gasteiger partial charge < -0.3 is 11.5 Å². The second-order valence-electron chi connectivity index (χ2n) is 14.8. The number of hydrogen-bond acceptors (Lipinski definition) is 2. The Labute approximate surface area is 292 Å². The molecule has 1 fully saturated rings. The van der Waals surface area contributed by atoms with E-state index in [2.05, 4.69) is 93.6 Å². The first-order valence-electron chi connectivity index (χ1n) is 19.4. The van der Waals surface area contributed by atoms with E-state index in [1.807, 2.05) is 24.3 Å². The Hall–Kier alpha value is -3.52. The number of hydrogen-bond donors (Lipinski definition) is 2. The maximum atomic E-state index is 6.04. The molecule has 0 aromatic heterocycles. The molecule has 0 aliphatic heterocycles. The number of unbranched alkanes of at least 4 members (excludes halogenated alkanes) is 5. The predicted molar refractivity (Wildman–Crippen MR) is 209 cm³/mol. The Kier molecular flexibility index (Phi) is 13.2. The molecule has 0 amide bonds. The molecule has 0 spiro atoms. The summed E-state index contributed by atoms with van der Waals surface area (Å²) in [4.78, 5) is 0. The maximum absolute atomic E-state index is 6.04. The minimum Gasteiger partial charge on any atom is -0.399 e. The van der Waals surface area contributed by atoms with Crippen molar-refractivity contribution in [1.29, 1.82) is 0 Å². The van der Waals surface area contributed by atoms with E-state index in [4.69, 9.17) is 11.5 Å². The summed E-state index contributed by atoms with van der Waals surface area (Å²) in [6.07, 6.45) is 19.5. The predicted octanol–water partition coefficient (Wildman–Crippen LogP) is 12.9. The molecule has 4 aromatic rings. The van der Waals surface area contributed by atoms with Gasteiger partial charge >= 0.3 is 0 Å². The molecule has 1 aliphatic rings. The van der Waals surface area contributed by atoms with Crippen LogP contribution < -0.4 is 11.5 Å². The van der Waals surface area contributed by atoms with Crippen LogP contribution in [-0.2, 0) is 5.41 Å². The van der Waals surface area contributed by atoms with E-state index in [1.54, 1.807) is 0 Å². The molecular weight excluding hydrogens is 581 g/mol. The van der Waals surface area contributed by atoms with Crippen molar-refractivity contribution in [3.63, 3.8) is 0 Å². The van der Waals surface area contributed by atoms with Crippen molar-refractivity contribution in [2.24, 2.45) is 5.92 Å². The number of nitrogen functional groups attached to an aromatic ring is 2. The van der Waals surface area contributed by atoms with Gasteiger partial charge in [-0.05, 0) is 102 Å². The average molecular weight is 643 g/mol. The summed E-state index contributed by atoms with van der Waals surface area (Å²) in [6.45, 7) is 6.89. The third-order valence-electron chi connectivity index (χ3n) is 11.5. The Bertz CT molecular complexity index is 1380. The summed E-state index contributed by atoms with van der Waals surface area (Å²) >= 11 is 0. The zero-order valence-electron chi connectivity index (χ0n) is 30.2. The zero-order valence-corrected chi connectivity index (χ0v) is 30.2. The van der Waals surface area contributed by atoms with Gasteiger partial charge in [-0.25, -0.2) is 0 Å². The lowest BCUT2D eigenvalue weighted by atomic mass is 9.62. The lowest BCUT2D eigenvalue weighted by Gasteiger charge is -2.42. The summed E-state index contributed by atoms with van der Waals surface area (Å²) in [6, 6.07) is 36.7. The van der Waals surface area contributed by atoms with Gasteiger partial charge in [0.2, 0.25) is 0 Å². The Morgan fingerprint density at radius 2 is 0.875 bits per heavy atom. The third kappa shape index (κ3) is 8.93. The van der Waals surface area contributed by atoms with Crippen LogP contribution in [0.25, 0.3) is 0 Å². The van der Waals surface area contributed by atoms with Crippen LogP contribution in [0, 0.1) is 5.92 Å². The second kappa shape index (κ2) is 17.8. The van der Waals surface area contributed by atoms with Gasteiger partial charge in [-0.2, -0.15) is 0 Å². The molecule has 256 valence electrons. The monoisotopic (exact) mass is 642 g/mol. The quantitative estimate of drug-likeness (QED) is 0.0889. The van der Waals surface area contributed by atoms with Gasteiger partial charge in [-0.3, -0.25) is 0 Å². The van der Waals surface area contributed by atoms with Crippen molar-refractivity contribution in [2.45, 2.75) is 134 Å². The van der Waals surface area contributed by atoms with Crippen LogP contribution in [0.3, 0.4) is 0 Å². The number of anilines is 2. The standard InChI is InChI=1S/C46H62N2/c1-4-7-8-9-10-11-14-35-31-33-46(34-32-35,40-23-15-36(16-24-40)44(12-5-2)38-19-27-42(47)28-20-38)41-25-17-37(18-26-41)45(13-6-3)39-21-29-43(48)30-22-39/h15-30,35,44-45H,4-14,31-34,47-48H2,1-3H3. The number of nitrogens with two attached hydrogens (primary N) is 2. The highest BCUT2D eigenvalue weighted by atomic mass is 14.5. The summed E-state index contributed by atoms with van der Waals surface area (Å²) < 4.78 is 0. The molecule has 1 saturated carbocycles. The fourth-order valence-corrected chi connectivity index (χ4v) is 8.57. The summed E-state index contributed by atoms with van der Waals surface area (Å²) in [5, 5.41) is 0. The van der Waals surface area contributed by atoms with Gasteiger partial charge in [0, 0.05) is 28.6 Å². The molecular formula is C46H62N2. The lowest BCUT2D eigenvalue weighted by molar-refractivity contribution is 0.250. The van der Waals surface area contributed by atoms with E-state index in [9.17, 15) is 0 Å². The van der Waals surface area contributed by atoms with Crippen molar-refractivity contribution < 1.29 is 0 Å². The largest absolute Gasteiger partial charge is 0.399 e. The minimum absolute atomic E-state index is 0.0671. The topological polar surface area (TPSA) is 52.0 Å². The summed E-state index contributed by atoms with van der Waals surface area (Å²) in [5.74, 6) is 1.66. The highest BCUT2D eigenvalue weighted by Crippen LogP contribution is 2.48. The van der Waals surface area contributed by atoms with Crippen molar-refractivity contribution in [3.8, 4) is 0 Å². The van der Waals surface area contributed by atoms with Gasteiger partial charge in [0.15, 0.2) is 0 Å². The minimum atomic E-state index is 0.0671. The molecule has 2 heteroatoms. The fourth-order valence-electron chi connectivity index (χ4n) is 8.57. The van der Waals surface area contributed by atoms with Crippen molar-refractivity contribution in [1.82, 2.24) is 0 Å². The van der Waals surface area contributed by atoms with E-state index >= 15 is 0 Å². The van der Waals surface area contributed by atoms with Crippen molar-refractivity contribution in [2.75, 3.05) is 11.5 Å². The van der Waals surface area contributed by atoms with E-state index in [0.717, 1.165) is 43.0 Å². The smallest absolute Gasteiger partial charge is 0.0314 e. The molecule has 48 heavy (non-hydrogen) atoms. The van der Waals surface area contributed by atoms with Crippen molar-refractivity contribution in [3.05, 3.63) is 130 Å². The third-order valence-corrected chi connectivity index (χ3v) is 11.5. The van der Waals surface area contributed by atoms with Gasteiger partial charge in [-0.1, -0.05) is 151 Å². The summed E-state index contributed by atoms with van der Waals surface area (Å²) in [7, 11) is 0. The lowest BCUT2D eigenvalue weighted by Crippen LogP contribution is -2.33. The Morgan fingerprint density at radius 3 is 1.27 bits per heavy atom. The zero-order chi connectivity index (χ0) is 33.8. The van der Waals surface area contributed by atoms with E-state index in [0.29, 0.717) is 11.8 Å². The van der Waals surface area contributed by atoms with Crippen LogP contribution in [0.4, 0.5) is 11.4 Å². The van der Waals surface area contributed by atoms with Crippen LogP contribution >= 0.6 is 0 Å². The van der Waals surface area contributed by atoms with Crippen LogP contribution in [0.5, 0.6) is 0 Å². The van der Waals surface area contributed by atoms with Gasteiger partial charge in [-0.15, -0.1) is 0 Å². The molecule has 1 aliphatic carbocycles. The Balaban J connectivity index is 1.41. The highest BCUT2D eigenvalue weighted by Gasteiger charge is 2.38. The van der Waals surface area contributed by atoms with Crippen LogP contribution in [-0.4, -0.2) is 0 Å². The molecule has 0 heterocycles. The van der Waals surface area contributed by atoms with Gasteiger partial charge in [0.1, 0.15) is 0 Å². The van der Waals surface area contributed by atoms with E-state index < -0.39 is 0 Å². The van der Waals surface area contributed by atoms with Crippen LogP contribution in [0.15, 0.2) is 97.1 Å². The van der Waals surface area contributed by atoms with Gasteiger partial charge in [0.05, 0.1) is 0 Å². The molecule has 0 saturated heterocycles. The first-order chi connectivity index (χ1) is 23.5. The molecule has 2 unspecified atom stereocenters. The van der Waals surface area contributed by atoms with Crippen LogP contribution in [0.2, 0.25) is 0 Å². The molecule has 0 radical (unpaired) electrons. The molecule has 2 nitrogen and oxygen atoms in total. The molecule has 2 atom stereocenters. The van der Waals surface area contributed by atoms with E-state index in [-0.39, 0.29) is 5.41 Å². The number of benzene rings is 4. The molecule has 5 rings (SSSR count). The van der Waals surface area contributed by atoms with Gasteiger partial charge in [0.25, 0.3) is 0 Å². The Morgan fingerprint density at radius 1 is 0.500 bits per heavy atom. The fraction of sp³-hybridized carbons (Fsp3) is 0.478. The first kappa shape index (κ1) is 35.8. The first-order valence-corrected chi connectivity index (χ1v) is 19.4. The van der Waals surface area contributed by atoms with Crippen LogP contribution in [0.1, 0.15) is 162 Å². The number of rotatable bonds is 17. The van der Waals surface area contributed by atoms with Crippen molar-refractivity contribution >= 4 is 11.4 Å². The summed E-state index contributed by atoms with van der Waals surface area (Å²) in [5.41, 5.74) is 22.4. The highest BCUT2D eigenvalue weighted by molar-refractivity contribution is 5.47.